The second kappa shape index (κ2) is 6.63. The van der Waals surface area contributed by atoms with E-state index in [0.717, 1.165) is 6.42 Å². The number of nitrogens with zero attached hydrogens (tertiary/aromatic N) is 1. The van der Waals surface area contributed by atoms with Crippen LogP contribution in [0.1, 0.15) is 30.1 Å². The molecule has 0 saturated heterocycles. The highest BCUT2D eigenvalue weighted by Crippen LogP contribution is 2.23. The van der Waals surface area contributed by atoms with Gasteiger partial charge < -0.3 is 5.32 Å². The summed E-state index contributed by atoms with van der Waals surface area (Å²) in [6.07, 6.45) is 1.05. The van der Waals surface area contributed by atoms with E-state index in [0.29, 0.717) is 21.5 Å². The lowest BCUT2D eigenvalue weighted by Gasteiger charge is -2.13. The molecule has 1 amide bonds. The molecule has 0 radical (unpaired) electrons. The summed E-state index contributed by atoms with van der Waals surface area (Å²) in [6, 6.07) is 6.92. The summed E-state index contributed by atoms with van der Waals surface area (Å²) in [6.45, 7) is 1.93. The predicted molar refractivity (Wildman–Crippen MR) is 70.9 cm³/mol. The molecule has 1 unspecified atom stereocenters. The van der Waals surface area contributed by atoms with Crippen molar-refractivity contribution in [3.8, 4) is 6.07 Å². The summed E-state index contributed by atoms with van der Waals surface area (Å²) in [5.74, 6) is -0.190. The fraction of sp³-hybridized carbons (Fsp3) is 0.333. The number of amides is 1. The smallest absolute Gasteiger partial charge is 0.251 e. The third-order valence-electron chi connectivity index (χ3n) is 2.35. The number of carbonyl (C=O) groups excluding carboxylic acids is 1. The number of nitrogens with one attached hydrogen (secondary N) is 1. The summed E-state index contributed by atoms with van der Waals surface area (Å²) >= 11 is 9.11. The molecule has 1 N–H and O–H groups in total. The first-order valence-corrected chi connectivity index (χ1v) is 6.38. The fourth-order valence-electron chi connectivity index (χ4n) is 1.31. The van der Waals surface area contributed by atoms with E-state index < -0.39 is 0 Å². The highest BCUT2D eigenvalue weighted by molar-refractivity contribution is 9.10. The Hall–Kier alpha value is -1.05. The van der Waals surface area contributed by atoms with Crippen LogP contribution in [-0.4, -0.2) is 11.9 Å². The number of nitriles is 1. The molecule has 1 rings (SSSR count). The van der Waals surface area contributed by atoms with Crippen LogP contribution < -0.4 is 5.32 Å². The van der Waals surface area contributed by atoms with Gasteiger partial charge in [-0.05, 0) is 40.5 Å². The first-order valence-electron chi connectivity index (χ1n) is 5.21. The molecule has 0 aliphatic rings. The maximum Gasteiger partial charge on any atom is 0.251 e. The largest absolute Gasteiger partial charge is 0.348 e. The zero-order valence-electron chi connectivity index (χ0n) is 9.34. The Kier molecular flexibility index (Phi) is 5.46. The third-order valence-corrected chi connectivity index (χ3v) is 3.56. The summed E-state index contributed by atoms with van der Waals surface area (Å²) in [5.41, 5.74) is 0.526. The Morgan fingerprint density at radius 3 is 2.88 bits per heavy atom. The van der Waals surface area contributed by atoms with Gasteiger partial charge in [-0.25, -0.2) is 0 Å². The molecule has 90 valence electrons. The third kappa shape index (κ3) is 4.03. The standard InChI is InChI=1S/C12H12BrClN2O/c1-2-9(5-6-15)16-12(17)8-3-4-11(14)10(13)7-8/h3-4,7,9H,2,5H2,1H3,(H,16,17). The lowest BCUT2D eigenvalue weighted by Crippen LogP contribution is -2.34. The average molecular weight is 316 g/mol. The molecule has 0 fully saturated rings. The van der Waals surface area contributed by atoms with E-state index in [-0.39, 0.29) is 11.9 Å². The highest BCUT2D eigenvalue weighted by Gasteiger charge is 2.12. The van der Waals surface area contributed by atoms with Gasteiger partial charge in [-0.1, -0.05) is 18.5 Å². The Morgan fingerprint density at radius 1 is 1.65 bits per heavy atom. The quantitative estimate of drug-likeness (QED) is 0.924. The van der Waals surface area contributed by atoms with E-state index in [2.05, 4.69) is 27.3 Å². The van der Waals surface area contributed by atoms with Crippen molar-refractivity contribution in [1.82, 2.24) is 5.32 Å². The van der Waals surface area contributed by atoms with Crippen LogP contribution in [0.2, 0.25) is 5.02 Å². The van der Waals surface area contributed by atoms with Crippen molar-refractivity contribution in [2.45, 2.75) is 25.8 Å². The number of benzene rings is 1. The SMILES string of the molecule is CCC(CC#N)NC(=O)c1ccc(Cl)c(Br)c1. The molecular weight excluding hydrogens is 304 g/mol. The molecule has 0 aliphatic carbocycles. The first-order chi connectivity index (χ1) is 8.08. The Labute approximate surface area is 114 Å². The predicted octanol–water partition coefficient (Wildman–Crippen LogP) is 3.52. The highest BCUT2D eigenvalue weighted by atomic mass is 79.9. The maximum absolute atomic E-state index is 11.9. The van der Waals surface area contributed by atoms with Gasteiger partial charge in [-0.15, -0.1) is 0 Å². The van der Waals surface area contributed by atoms with Gasteiger partial charge in [-0.3, -0.25) is 4.79 Å². The number of rotatable bonds is 4. The molecular formula is C12H12BrClN2O. The molecule has 3 nitrogen and oxygen atoms in total. The van der Waals surface area contributed by atoms with Crippen LogP contribution >= 0.6 is 27.5 Å². The van der Waals surface area contributed by atoms with Gasteiger partial charge in [0.2, 0.25) is 0 Å². The number of halogens is 2. The van der Waals surface area contributed by atoms with Gasteiger partial charge in [0.15, 0.2) is 0 Å². The minimum absolute atomic E-state index is 0.109. The van der Waals surface area contributed by atoms with Crippen molar-refractivity contribution in [3.63, 3.8) is 0 Å². The van der Waals surface area contributed by atoms with Crippen molar-refractivity contribution in [3.05, 3.63) is 33.3 Å². The van der Waals surface area contributed by atoms with E-state index in [1.807, 2.05) is 6.92 Å². The van der Waals surface area contributed by atoms with Crippen molar-refractivity contribution in [2.75, 3.05) is 0 Å². The normalized spacial score (nSPS) is 11.6. The molecule has 0 aliphatic heterocycles. The van der Waals surface area contributed by atoms with Gasteiger partial charge >= 0.3 is 0 Å². The number of hydrogen-bond acceptors (Lipinski definition) is 2. The molecule has 0 heterocycles. The Balaban J connectivity index is 2.76. The van der Waals surface area contributed by atoms with Crippen LogP contribution in [0.15, 0.2) is 22.7 Å². The Morgan fingerprint density at radius 2 is 2.35 bits per heavy atom. The van der Waals surface area contributed by atoms with Gasteiger partial charge in [0.25, 0.3) is 5.91 Å². The van der Waals surface area contributed by atoms with Crippen molar-refractivity contribution in [1.29, 1.82) is 5.26 Å². The summed E-state index contributed by atoms with van der Waals surface area (Å²) in [7, 11) is 0. The molecule has 0 bridgehead atoms. The molecule has 1 aromatic rings. The van der Waals surface area contributed by atoms with E-state index >= 15 is 0 Å². The molecule has 0 spiro atoms. The summed E-state index contributed by atoms with van der Waals surface area (Å²) in [5, 5.41) is 12.0. The van der Waals surface area contributed by atoms with Crippen LogP contribution in [0.4, 0.5) is 0 Å². The molecule has 17 heavy (non-hydrogen) atoms. The van der Waals surface area contributed by atoms with Crippen molar-refractivity contribution >= 4 is 33.4 Å². The maximum atomic E-state index is 11.9. The molecule has 0 aromatic heterocycles. The second-order valence-corrected chi connectivity index (χ2v) is 4.83. The lowest BCUT2D eigenvalue weighted by atomic mass is 10.1. The van der Waals surface area contributed by atoms with Crippen LogP contribution in [0.25, 0.3) is 0 Å². The van der Waals surface area contributed by atoms with Crippen LogP contribution in [-0.2, 0) is 0 Å². The number of hydrogen-bond donors (Lipinski definition) is 1. The summed E-state index contributed by atoms with van der Waals surface area (Å²) < 4.78 is 0.681. The zero-order chi connectivity index (χ0) is 12.8. The minimum atomic E-state index is -0.190. The monoisotopic (exact) mass is 314 g/mol. The first kappa shape index (κ1) is 14.0. The van der Waals surface area contributed by atoms with E-state index in [1.165, 1.54) is 0 Å². The van der Waals surface area contributed by atoms with Gasteiger partial charge in [0.05, 0.1) is 17.5 Å². The van der Waals surface area contributed by atoms with Crippen LogP contribution in [0.5, 0.6) is 0 Å². The summed E-state index contributed by atoms with van der Waals surface area (Å²) in [4.78, 5) is 11.9. The topological polar surface area (TPSA) is 52.9 Å². The van der Waals surface area contributed by atoms with Crippen molar-refractivity contribution < 1.29 is 4.79 Å². The molecule has 0 saturated carbocycles. The van der Waals surface area contributed by atoms with E-state index in [4.69, 9.17) is 16.9 Å². The Bertz CT molecular complexity index is 456. The van der Waals surface area contributed by atoms with E-state index in [1.54, 1.807) is 18.2 Å². The van der Waals surface area contributed by atoms with Gasteiger partial charge in [0.1, 0.15) is 0 Å². The molecule has 1 aromatic carbocycles. The zero-order valence-corrected chi connectivity index (χ0v) is 11.7. The molecule has 5 heteroatoms. The van der Waals surface area contributed by atoms with Crippen LogP contribution in [0, 0.1) is 11.3 Å². The van der Waals surface area contributed by atoms with Gasteiger partial charge in [-0.2, -0.15) is 5.26 Å². The van der Waals surface area contributed by atoms with Gasteiger partial charge in [0, 0.05) is 16.1 Å². The van der Waals surface area contributed by atoms with Crippen molar-refractivity contribution in [2.24, 2.45) is 0 Å². The average Bonchev–Trinajstić information content (AvgIpc) is 2.31. The van der Waals surface area contributed by atoms with E-state index in [9.17, 15) is 4.79 Å². The molecule has 1 atom stereocenters. The second-order valence-electron chi connectivity index (χ2n) is 3.57. The number of carbonyl (C=O) groups is 1. The minimum Gasteiger partial charge on any atom is -0.348 e. The van der Waals surface area contributed by atoms with Crippen LogP contribution in [0.3, 0.4) is 0 Å². The lowest BCUT2D eigenvalue weighted by molar-refractivity contribution is 0.0936. The fourth-order valence-corrected chi connectivity index (χ4v) is 1.81.